The van der Waals surface area contributed by atoms with Crippen LogP contribution in [0.25, 0.3) is 10.8 Å². The van der Waals surface area contributed by atoms with E-state index in [9.17, 15) is 24.0 Å². The maximum atomic E-state index is 14.0. The third kappa shape index (κ3) is 7.46. The summed E-state index contributed by atoms with van der Waals surface area (Å²) in [5.74, 6) is -2.06. The molecule has 2 aromatic carbocycles. The molecule has 2 aromatic rings. The number of hydrogen-bond donors (Lipinski definition) is 3. The lowest BCUT2D eigenvalue weighted by molar-refractivity contribution is -0.145. The first-order valence-electron chi connectivity index (χ1n) is 14.8. The highest BCUT2D eigenvalue weighted by atomic mass is 16.5. The first kappa shape index (κ1) is 31.0. The zero-order valence-corrected chi connectivity index (χ0v) is 25.1. The van der Waals surface area contributed by atoms with Gasteiger partial charge in [-0.25, -0.2) is 0 Å². The lowest BCUT2D eigenvalue weighted by atomic mass is 9.85. The number of Topliss-reactive ketones (excluding diaryl/α,β-unsaturated/α-hetero) is 1. The van der Waals surface area contributed by atoms with Crippen molar-refractivity contribution in [3.05, 3.63) is 42.5 Å². The van der Waals surface area contributed by atoms with E-state index < -0.39 is 53.1 Å². The second-order valence-corrected chi connectivity index (χ2v) is 12.4. The number of carbonyl (C=O) groups excluding carboxylic acids is 5. The van der Waals surface area contributed by atoms with Crippen LogP contribution in [0.15, 0.2) is 42.5 Å². The van der Waals surface area contributed by atoms with Crippen molar-refractivity contribution in [1.29, 1.82) is 0 Å². The Morgan fingerprint density at radius 2 is 1.69 bits per heavy atom. The van der Waals surface area contributed by atoms with Crippen molar-refractivity contribution >= 4 is 40.2 Å². The minimum atomic E-state index is -1.01. The summed E-state index contributed by atoms with van der Waals surface area (Å²) in [5, 5.41) is 10.1. The van der Waals surface area contributed by atoms with Crippen molar-refractivity contribution < 1.29 is 28.7 Å². The van der Waals surface area contributed by atoms with Crippen LogP contribution >= 0.6 is 0 Å². The fraction of sp³-hybridized carbons (Fsp3) is 0.531. The van der Waals surface area contributed by atoms with Gasteiger partial charge in [0.2, 0.25) is 23.5 Å². The Balaban J connectivity index is 1.60. The molecule has 1 aliphatic heterocycles. The van der Waals surface area contributed by atoms with Crippen molar-refractivity contribution in [3.63, 3.8) is 0 Å². The summed E-state index contributed by atoms with van der Waals surface area (Å²) in [6.07, 6.45) is 2.19. The van der Waals surface area contributed by atoms with Crippen molar-refractivity contribution in [2.75, 3.05) is 6.54 Å². The molecule has 1 saturated heterocycles. The van der Waals surface area contributed by atoms with Crippen LogP contribution in [-0.4, -0.2) is 71.1 Å². The van der Waals surface area contributed by atoms with E-state index in [4.69, 9.17) is 4.74 Å². The molecule has 226 valence electrons. The van der Waals surface area contributed by atoms with Crippen LogP contribution in [0.5, 0.6) is 5.75 Å². The van der Waals surface area contributed by atoms with E-state index in [0.717, 1.165) is 23.6 Å². The number of ketones is 1. The molecule has 1 saturated carbocycles. The number of benzene rings is 2. The molecule has 1 heterocycles. The van der Waals surface area contributed by atoms with Gasteiger partial charge in [-0.15, -0.1) is 0 Å². The quantitative estimate of drug-likeness (QED) is 0.351. The predicted octanol–water partition coefficient (Wildman–Crippen LogP) is 2.87. The Morgan fingerprint density at radius 3 is 2.33 bits per heavy atom. The zero-order valence-electron chi connectivity index (χ0n) is 25.1. The van der Waals surface area contributed by atoms with E-state index in [1.165, 1.54) is 11.8 Å². The molecule has 2 aliphatic rings. The van der Waals surface area contributed by atoms with Gasteiger partial charge in [-0.05, 0) is 36.1 Å². The highest BCUT2D eigenvalue weighted by Gasteiger charge is 2.46. The summed E-state index contributed by atoms with van der Waals surface area (Å²) < 4.78 is 6.39. The molecule has 4 amide bonds. The minimum absolute atomic E-state index is 0.0115. The highest BCUT2D eigenvalue weighted by molar-refractivity contribution is 6.38. The summed E-state index contributed by atoms with van der Waals surface area (Å²) in [6.45, 7) is 8.85. The molecule has 0 spiro atoms. The van der Waals surface area contributed by atoms with E-state index in [0.29, 0.717) is 12.2 Å². The monoisotopic (exact) mass is 578 g/mol. The highest BCUT2D eigenvalue weighted by Crippen LogP contribution is 2.31. The van der Waals surface area contributed by atoms with Crippen LogP contribution in [0.2, 0.25) is 0 Å². The van der Waals surface area contributed by atoms with Gasteiger partial charge in [0.25, 0.3) is 5.91 Å². The molecule has 1 unspecified atom stereocenters. The topological polar surface area (TPSA) is 134 Å². The number of amides is 4. The predicted molar refractivity (Wildman–Crippen MR) is 159 cm³/mol. The van der Waals surface area contributed by atoms with Gasteiger partial charge in [0.05, 0.1) is 12.6 Å². The Kier molecular flexibility index (Phi) is 9.53. The molecular weight excluding hydrogens is 536 g/mol. The number of hydrogen-bond acceptors (Lipinski definition) is 6. The second kappa shape index (κ2) is 12.9. The Morgan fingerprint density at radius 1 is 1.00 bits per heavy atom. The van der Waals surface area contributed by atoms with Crippen molar-refractivity contribution in [1.82, 2.24) is 20.9 Å². The normalized spacial score (nSPS) is 20.0. The molecule has 4 rings (SSSR count). The average Bonchev–Trinajstić information content (AvgIpc) is 3.65. The molecule has 0 aromatic heterocycles. The number of nitrogens with one attached hydrogen (secondary N) is 3. The number of carbonyl (C=O) groups is 5. The summed E-state index contributed by atoms with van der Waals surface area (Å²) in [5.41, 5.74) is -0.639. The summed E-state index contributed by atoms with van der Waals surface area (Å²) >= 11 is 0. The molecule has 0 bridgehead atoms. The van der Waals surface area contributed by atoms with Gasteiger partial charge in [0, 0.05) is 24.8 Å². The van der Waals surface area contributed by atoms with E-state index in [2.05, 4.69) is 16.0 Å². The largest absolute Gasteiger partial charge is 0.488 e. The summed E-state index contributed by atoms with van der Waals surface area (Å²) in [4.78, 5) is 66.7. The molecule has 42 heavy (non-hydrogen) atoms. The van der Waals surface area contributed by atoms with E-state index in [1.54, 1.807) is 0 Å². The SMILES string of the molecule is CCC[C@H](NC(=O)[C@@H]1C[C@@H](Oc2cccc3ccccc23)CN1C(=O)C(NC(C)=O)C(C)(C)C)C(=O)C(=O)NC1CC1. The lowest BCUT2D eigenvalue weighted by Crippen LogP contribution is -2.58. The molecule has 3 N–H and O–H groups in total. The Bertz CT molecular complexity index is 1340. The molecular formula is C32H42N4O6. The first-order valence-corrected chi connectivity index (χ1v) is 14.8. The molecule has 10 heteroatoms. The fourth-order valence-corrected chi connectivity index (χ4v) is 5.34. The number of fused-ring (bicyclic) bond motifs is 1. The molecule has 4 atom stereocenters. The van der Waals surface area contributed by atoms with Crippen molar-refractivity contribution in [2.45, 2.75) is 97.0 Å². The maximum absolute atomic E-state index is 14.0. The van der Waals surface area contributed by atoms with Crippen LogP contribution in [-0.2, 0) is 24.0 Å². The molecule has 1 aliphatic carbocycles. The van der Waals surface area contributed by atoms with Gasteiger partial charge in [0.15, 0.2) is 0 Å². The summed E-state index contributed by atoms with van der Waals surface area (Å²) in [7, 11) is 0. The van der Waals surface area contributed by atoms with Crippen LogP contribution < -0.4 is 20.7 Å². The van der Waals surface area contributed by atoms with Crippen LogP contribution in [0, 0.1) is 5.41 Å². The van der Waals surface area contributed by atoms with Crippen LogP contribution in [0.3, 0.4) is 0 Å². The molecule has 2 fully saturated rings. The fourth-order valence-electron chi connectivity index (χ4n) is 5.34. The van der Waals surface area contributed by atoms with Crippen molar-refractivity contribution in [2.24, 2.45) is 5.41 Å². The Hall–Kier alpha value is -3.95. The zero-order chi connectivity index (χ0) is 30.6. The second-order valence-electron chi connectivity index (χ2n) is 12.4. The van der Waals surface area contributed by atoms with Gasteiger partial charge in [-0.1, -0.05) is 70.5 Å². The van der Waals surface area contributed by atoms with Gasteiger partial charge >= 0.3 is 0 Å². The van der Waals surface area contributed by atoms with Crippen LogP contribution in [0.4, 0.5) is 0 Å². The molecule has 0 radical (unpaired) electrons. The minimum Gasteiger partial charge on any atom is -0.488 e. The molecule has 10 nitrogen and oxygen atoms in total. The Labute approximate surface area is 246 Å². The van der Waals surface area contributed by atoms with Crippen LogP contribution in [0.1, 0.15) is 66.7 Å². The van der Waals surface area contributed by atoms with Gasteiger partial charge in [0.1, 0.15) is 23.9 Å². The smallest absolute Gasteiger partial charge is 0.289 e. The number of ether oxygens (including phenoxy) is 1. The summed E-state index contributed by atoms with van der Waals surface area (Å²) in [6, 6.07) is 10.7. The third-order valence-corrected chi connectivity index (χ3v) is 7.70. The lowest BCUT2D eigenvalue weighted by Gasteiger charge is -2.35. The maximum Gasteiger partial charge on any atom is 0.289 e. The van der Waals surface area contributed by atoms with Gasteiger partial charge in [-0.2, -0.15) is 0 Å². The van der Waals surface area contributed by atoms with Crippen molar-refractivity contribution in [3.8, 4) is 5.75 Å². The van der Waals surface area contributed by atoms with Gasteiger partial charge < -0.3 is 25.6 Å². The first-order chi connectivity index (χ1) is 19.9. The van der Waals surface area contributed by atoms with E-state index in [1.807, 2.05) is 70.2 Å². The number of rotatable bonds is 11. The van der Waals surface area contributed by atoms with E-state index >= 15 is 0 Å². The van der Waals surface area contributed by atoms with E-state index in [-0.39, 0.29) is 31.3 Å². The number of likely N-dealkylation sites (tertiary alicyclic amines) is 1. The third-order valence-electron chi connectivity index (χ3n) is 7.70. The van der Waals surface area contributed by atoms with Gasteiger partial charge in [-0.3, -0.25) is 24.0 Å². The standard InChI is InChI=1S/C32H42N4O6/c1-6-10-24(27(38)30(40)34-21-15-16-21)35-29(39)25-17-22(42-26-14-9-12-20-11-7-8-13-23(20)26)18-36(25)31(41)28(32(3,4)5)33-19(2)37/h7-9,11-14,21-22,24-25,28H,6,10,15-18H2,1-5H3,(H,33,37)(H,34,40)(H,35,39)/t22-,24+,25+,28?/m1/s1. The number of nitrogens with zero attached hydrogens (tertiary/aromatic N) is 1. The average molecular weight is 579 g/mol.